The van der Waals surface area contributed by atoms with E-state index in [1.54, 1.807) is 6.20 Å². The van der Waals surface area contributed by atoms with Gasteiger partial charge in [0.05, 0.1) is 6.20 Å². The number of nitrogens with zero attached hydrogens (tertiary/aromatic N) is 1. The minimum absolute atomic E-state index is 0.0630. The molecule has 0 aliphatic heterocycles. The third-order valence-electron chi connectivity index (χ3n) is 2.38. The maximum Gasteiger partial charge on any atom is 0.269 e. The molecular weight excluding hydrogens is 206 g/mol. The minimum atomic E-state index is -0.141. The number of hydrogen-bond acceptors (Lipinski definition) is 3. The molecule has 0 saturated carbocycles. The van der Waals surface area contributed by atoms with Gasteiger partial charge in [0.25, 0.3) is 5.91 Å². The molecule has 1 heterocycles. The Bertz CT molecular complexity index is 336. The molecule has 0 radical (unpaired) electrons. The Morgan fingerprint density at radius 1 is 1.69 bits per heavy atom. The number of rotatable bonds is 6. The first-order valence-electron chi connectivity index (χ1n) is 5.63. The van der Waals surface area contributed by atoms with Crippen LogP contribution in [0.4, 0.5) is 0 Å². The van der Waals surface area contributed by atoms with Gasteiger partial charge < -0.3 is 15.4 Å². The number of hydrogen-bond donors (Lipinski definition) is 3. The van der Waals surface area contributed by atoms with Gasteiger partial charge in [0.2, 0.25) is 0 Å². The summed E-state index contributed by atoms with van der Waals surface area (Å²) in [6, 6.07) is 0.0630. The molecule has 0 aliphatic carbocycles. The van der Waals surface area contributed by atoms with Crippen LogP contribution in [0.25, 0.3) is 0 Å². The first-order chi connectivity index (χ1) is 7.67. The SMILES string of the molecule is CCc1ncc(C(=O)NC(C)CCCO)[nH]1. The van der Waals surface area contributed by atoms with E-state index >= 15 is 0 Å². The molecule has 1 amide bonds. The molecule has 1 unspecified atom stereocenters. The van der Waals surface area contributed by atoms with E-state index in [0.717, 1.165) is 18.7 Å². The van der Waals surface area contributed by atoms with E-state index in [0.29, 0.717) is 12.1 Å². The van der Waals surface area contributed by atoms with Crippen LogP contribution in [0.2, 0.25) is 0 Å². The van der Waals surface area contributed by atoms with Gasteiger partial charge in [0.15, 0.2) is 0 Å². The standard InChI is InChI=1S/C11H19N3O2/c1-3-10-12-7-9(14-10)11(16)13-8(2)5-4-6-15/h7-8,15H,3-6H2,1-2H3,(H,12,14)(H,13,16). The lowest BCUT2D eigenvalue weighted by atomic mass is 10.2. The van der Waals surface area contributed by atoms with E-state index in [1.165, 1.54) is 0 Å². The second-order valence-corrected chi connectivity index (χ2v) is 3.84. The number of carbonyl (C=O) groups is 1. The Morgan fingerprint density at radius 3 is 3.00 bits per heavy atom. The maximum atomic E-state index is 11.7. The Labute approximate surface area is 95.3 Å². The molecule has 0 saturated heterocycles. The largest absolute Gasteiger partial charge is 0.396 e. The number of imidazole rings is 1. The lowest BCUT2D eigenvalue weighted by Crippen LogP contribution is -2.32. The Balaban J connectivity index is 2.45. The summed E-state index contributed by atoms with van der Waals surface area (Å²) in [6.45, 7) is 4.05. The molecule has 16 heavy (non-hydrogen) atoms. The molecule has 3 N–H and O–H groups in total. The smallest absolute Gasteiger partial charge is 0.269 e. The lowest BCUT2D eigenvalue weighted by Gasteiger charge is -2.11. The monoisotopic (exact) mass is 225 g/mol. The van der Waals surface area contributed by atoms with Crippen LogP contribution in [-0.2, 0) is 6.42 Å². The molecule has 1 atom stereocenters. The van der Waals surface area contributed by atoms with E-state index < -0.39 is 0 Å². The summed E-state index contributed by atoms with van der Waals surface area (Å²) in [5.74, 6) is 0.672. The highest BCUT2D eigenvalue weighted by molar-refractivity contribution is 5.92. The van der Waals surface area contributed by atoms with E-state index in [2.05, 4.69) is 15.3 Å². The summed E-state index contributed by atoms with van der Waals surface area (Å²) >= 11 is 0. The summed E-state index contributed by atoms with van der Waals surface area (Å²) in [4.78, 5) is 18.7. The van der Waals surface area contributed by atoms with Crippen LogP contribution >= 0.6 is 0 Å². The molecule has 1 rings (SSSR count). The number of aryl methyl sites for hydroxylation is 1. The number of nitrogens with one attached hydrogen (secondary N) is 2. The zero-order valence-electron chi connectivity index (χ0n) is 9.79. The van der Waals surface area contributed by atoms with Gasteiger partial charge in [0.1, 0.15) is 11.5 Å². The Morgan fingerprint density at radius 2 is 2.44 bits per heavy atom. The molecule has 1 aromatic heterocycles. The van der Waals surface area contributed by atoms with Gasteiger partial charge in [-0.3, -0.25) is 4.79 Å². The van der Waals surface area contributed by atoms with Crippen molar-refractivity contribution in [3.8, 4) is 0 Å². The van der Waals surface area contributed by atoms with Crippen molar-refractivity contribution in [1.82, 2.24) is 15.3 Å². The number of aromatic amines is 1. The van der Waals surface area contributed by atoms with Gasteiger partial charge >= 0.3 is 0 Å². The minimum Gasteiger partial charge on any atom is -0.396 e. The van der Waals surface area contributed by atoms with E-state index in [-0.39, 0.29) is 18.6 Å². The highest BCUT2D eigenvalue weighted by Crippen LogP contribution is 2.01. The molecule has 0 aliphatic rings. The molecular formula is C11H19N3O2. The van der Waals surface area contributed by atoms with Gasteiger partial charge in [-0.1, -0.05) is 6.92 Å². The van der Waals surface area contributed by atoms with E-state index in [9.17, 15) is 4.79 Å². The molecule has 0 aromatic carbocycles. The molecule has 0 fully saturated rings. The van der Waals surface area contributed by atoms with Crippen molar-refractivity contribution in [2.24, 2.45) is 0 Å². The normalized spacial score (nSPS) is 12.4. The van der Waals surface area contributed by atoms with E-state index in [4.69, 9.17) is 5.11 Å². The highest BCUT2D eigenvalue weighted by Gasteiger charge is 2.11. The predicted molar refractivity (Wildman–Crippen MR) is 61.2 cm³/mol. The predicted octanol–water partition coefficient (Wildman–Crippen LogP) is 0.863. The number of H-pyrrole nitrogens is 1. The van der Waals surface area contributed by atoms with Gasteiger partial charge in [0, 0.05) is 19.1 Å². The van der Waals surface area contributed by atoms with Crippen LogP contribution in [0.1, 0.15) is 43.0 Å². The Hall–Kier alpha value is -1.36. The summed E-state index contributed by atoms with van der Waals surface area (Å²) in [5.41, 5.74) is 0.493. The molecule has 5 nitrogen and oxygen atoms in total. The molecule has 0 spiro atoms. The molecule has 0 bridgehead atoms. The lowest BCUT2D eigenvalue weighted by molar-refractivity contribution is 0.0932. The summed E-state index contributed by atoms with van der Waals surface area (Å²) < 4.78 is 0. The van der Waals surface area contributed by atoms with Crippen molar-refractivity contribution >= 4 is 5.91 Å². The van der Waals surface area contributed by atoms with E-state index in [1.807, 2.05) is 13.8 Å². The van der Waals surface area contributed by atoms with Crippen LogP contribution in [0, 0.1) is 0 Å². The van der Waals surface area contributed by atoms with Crippen molar-refractivity contribution in [1.29, 1.82) is 0 Å². The average molecular weight is 225 g/mol. The van der Waals surface area contributed by atoms with Gasteiger partial charge in [-0.25, -0.2) is 4.98 Å². The second kappa shape index (κ2) is 6.27. The summed E-state index contributed by atoms with van der Waals surface area (Å²) in [7, 11) is 0. The molecule has 5 heteroatoms. The van der Waals surface area contributed by atoms with Crippen molar-refractivity contribution in [2.75, 3.05) is 6.61 Å². The first kappa shape index (κ1) is 12.7. The maximum absolute atomic E-state index is 11.7. The zero-order chi connectivity index (χ0) is 12.0. The number of amides is 1. The summed E-state index contributed by atoms with van der Waals surface area (Å²) in [6.07, 6.45) is 3.81. The number of aromatic nitrogens is 2. The van der Waals surface area contributed by atoms with Crippen LogP contribution in [0.3, 0.4) is 0 Å². The highest BCUT2D eigenvalue weighted by atomic mass is 16.3. The van der Waals surface area contributed by atoms with Crippen molar-refractivity contribution in [2.45, 2.75) is 39.2 Å². The molecule has 90 valence electrons. The zero-order valence-corrected chi connectivity index (χ0v) is 9.79. The fraction of sp³-hybridized carbons (Fsp3) is 0.636. The third-order valence-corrected chi connectivity index (χ3v) is 2.38. The van der Waals surface area contributed by atoms with Gasteiger partial charge in [-0.15, -0.1) is 0 Å². The topological polar surface area (TPSA) is 78.0 Å². The van der Waals surface area contributed by atoms with Crippen LogP contribution < -0.4 is 5.32 Å². The van der Waals surface area contributed by atoms with Crippen molar-refractivity contribution < 1.29 is 9.90 Å². The Kier molecular flexibility index (Phi) is 4.98. The average Bonchev–Trinajstić information content (AvgIpc) is 2.74. The van der Waals surface area contributed by atoms with Crippen LogP contribution in [0.5, 0.6) is 0 Å². The van der Waals surface area contributed by atoms with Crippen LogP contribution in [0.15, 0.2) is 6.20 Å². The second-order valence-electron chi connectivity index (χ2n) is 3.84. The fourth-order valence-corrected chi connectivity index (χ4v) is 1.43. The molecule has 1 aromatic rings. The van der Waals surface area contributed by atoms with Gasteiger partial charge in [-0.05, 0) is 19.8 Å². The fourth-order valence-electron chi connectivity index (χ4n) is 1.43. The number of aliphatic hydroxyl groups is 1. The number of carbonyl (C=O) groups excluding carboxylic acids is 1. The number of aliphatic hydroxyl groups excluding tert-OH is 1. The summed E-state index contributed by atoms with van der Waals surface area (Å²) in [5, 5.41) is 11.5. The van der Waals surface area contributed by atoms with Gasteiger partial charge in [-0.2, -0.15) is 0 Å². The third kappa shape index (κ3) is 3.66. The first-order valence-corrected chi connectivity index (χ1v) is 5.63. The van der Waals surface area contributed by atoms with Crippen molar-refractivity contribution in [3.05, 3.63) is 17.7 Å². The van der Waals surface area contributed by atoms with Crippen LogP contribution in [-0.4, -0.2) is 33.6 Å². The quantitative estimate of drug-likeness (QED) is 0.672. The van der Waals surface area contributed by atoms with Crippen molar-refractivity contribution in [3.63, 3.8) is 0 Å².